The van der Waals surface area contributed by atoms with Crippen molar-refractivity contribution in [2.75, 3.05) is 20.8 Å². The molecule has 0 amide bonds. The Morgan fingerprint density at radius 2 is 1.57 bits per heavy atom. The summed E-state index contributed by atoms with van der Waals surface area (Å²) in [6, 6.07) is 15.0. The number of hydrazine groups is 1. The molecule has 3 N–H and O–H groups in total. The van der Waals surface area contributed by atoms with Crippen molar-refractivity contribution < 1.29 is 14.2 Å². The van der Waals surface area contributed by atoms with Gasteiger partial charge in [-0.3, -0.25) is 5.84 Å². The Hall–Kier alpha value is -2.24. The normalized spacial score (nSPS) is 11.8. The van der Waals surface area contributed by atoms with Gasteiger partial charge < -0.3 is 14.2 Å². The lowest BCUT2D eigenvalue weighted by molar-refractivity contribution is 0.266. The van der Waals surface area contributed by atoms with Crippen LogP contribution in [-0.4, -0.2) is 20.8 Å². The van der Waals surface area contributed by atoms with Gasteiger partial charge in [0.2, 0.25) is 0 Å². The molecule has 0 heterocycles. The standard InChI is InChI=1S/C16H20N2O3/c1-19-14-8-12(9-15(10-14)20-2)16(18-17)11-21-13-6-4-3-5-7-13/h3-10,16,18H,11,17H2,1-2H3. The Morgan fingerprint density at radius 3 is 2.10 bits per heavy atom. The quantitative estimate of drug-likeness (QED) is 0.604. The van der Waals surface area contributed by atoms with Crippen LogP contribution >= 0.6 is 0 Å². The van der Waals surface area contributed by atoms with E-state index in [-0.39, 0.29) is 6.04 Å². The molecule has 0 spiro atoms. The van der Waals surface area contributed by atoms with Crippen LogP contribution in [0.4, 0.5) is 0 Å². The van der Waals surface area contributed by atoms with E-state index in [1.165, 1.54) is 0 Å². The topological polar surface area (TPSA) is 65.7 Å². The molecule has 0 radical (unpaired) electrons. The predicted molar refractivity (Wildman–Crippen MR) is 81.5 cm³/mol. The first-order valence-electron chi connectivity index (χ1n) is 6.63. The molecule has 5 heteroatoms. The third-order valence-corrected chi connectivity index (χ3v) is 3.14. The molecule has 1 unspecified atom stereocenters. The van der Waals surface area contributed by atoms with E-state index in [1.807, 2.05) is 48.5 Å². The van der Waals surface area contributed by atoms with Crippen molar-refractivity contribution in [2.45, 2.75) is 6.04 Å². The molecule has 0 saturated carbocycles. The second kappa shape index (κ2) is 7.52. The molecular weight excluding hydrogens is 268 g/mol. The number of hydrogen-bond acceptors (Lipinski definition) is 5. The van der Waals surface area contributed by atoms with Gasteiger partial charge in [0, 0.05) is 6.07 Å². The molecule has 0 aliphatic heterocycles. The van der Waals surface area contributed by atoms with Crippen molar-refractivity contribution in [3.05, 3.63) is 54.1 Å². The predicted octanol–water partition coefficient (Wildman–Crippen LogP) is 2.29. The summed E-state index contributed by atoms with van der Waals surface area (Å²) in [5.41, 5.74) is 3.69. The van der Waals surface area contributed by atoms with Crippen LogP contribution in [0.5, 0.6) is 17.2 Å². The number of nitrogens with two attached hydrogens (primary N) is 1. The van der Waals surface area contributed by atoms with Crippen LogP contribution in [0, 0.1) is 0 Å². The van der Waals surface area contributed by atoms with Gasteiger partial charge in [-0.05, 0) is 29.8 Å². The fraction of sp³-hybridized carbons (Fsp3) is 0.250. The minimum absolute atomic E-state index is 0.172. The summed E-state index contributed by atoms with van der Waals surface area (Å²) in [6.45, 7) is 0.400. The smallest absolute Gasteiger partial charge is 0.122 e. The van der Waals surface area contributed by atoms with Crippen LogP contribution in [0.15, 0.2) is 48.5 Å². The van der Waals surface area contributed by atoms with E-state index in [1.54, 1.807) is 14.2 Å². The zero-order valence-electron chi connectivity index (χ0n) is 12.2. The molecule has 0 fully saturated rings. The molecule has 2 aromatic rings. The number of para-hydroxylation sites is 1. The maximum Gasteiger partial charge on any atom is 0.122 e. The Kier molecular flexibility index (Phi) is 5.43. The molecule has 0 saturated heterocycles. The Balaban J connectivity index is 2.13. The molecule has 0 bridgehead atoms. The van der Waals surface area contributed by atoms with Gasteiger partial charge in [-0.25, -0.2) is 5.43 Å². The fourth-order valence-corrected chi connectivity index (χ4v) is 1.97. The van der Waals surface area contributed by atoms with Crippen LogP contribution in [0.1, 0.15) is 11.6 Å². The molecule has 2 aromatic carbocycles. The van der Waals surface area contributed by atoms with Gasteiger partial charge in [-0.1, -0.05) is 18.2 Å². The van der Waals surface area contributed by atoms with Gasteiger partial charge >= 0.3 is 0 Å². The summed E-state index contributed by atoms with van der Waals surface area (Å²) < 4.78 is 16.3. The zero-order valence-corrected chi connectivity index (χ0v) is 12.2. The lowest BCUT2D eigenvalue weighted by Crippen LogP contribution is -2.32. The number of ether oxygens (including phenoxy) is 3. The van der Waals surface area contributed by atoms with Gasteiger partial charge in [-0.2, -0.15) is 0 Å². The van der Waals surface area contributed by atoms with Crippen LogP contribution in [0.25, 0.3) is 0 Å². The minimum Gasteiger partial charge on any atom is -0.497 e. The SMILES string of the molecule is COc1cc(OC)cc(C(COc2ccccc2)NN)c1. The molecule has 5 nitrogen and oxygen atoms in total. The van der Waals surface area contributed by atoms with Crippen molar-refractivity contribution in [3.8, 4) is 17.2 Å². The Morgan fingerprint density at radius 1 is 0.952 bits per heavy atom. The van der Waals surface area contributed by atoms with Gasteiger partial charge in [0.05, 0.1) is 20.3 Å². The largest absolute Gasteiger partial charge is 0.497 e. The second-order valence-corrected chi connectivity index (χ2v) is 4.49. The molecule has 112 valence electrons. The number of nitrogens with one attached hydrogen (secondary N) is 1. The van der Waals surface area contributed by atoms with E-state index >= 15 is 0 Å². The van der Waals surface area contributed by atoms with Gasteiger partial charge in [0.25, 0.3) is 0 Å². The molecular formula is C16H20N2O3. The van der Waals surface area contributed by atoms with Crippen molar-refractivity contribution in [2.24, 2.45) is 5.84 Å². The molecule has 0 aliphatic carbocycles. The highest BCUT2D eigenvalue weighted by atomic mass is 16.5. The lowest BCUT2D eigenvalue weighted by atomic mass is 10.1. The van der Waals surface area contributed by atoms with E-state index in [0.717, 1.165) is 11.3 Å². The molecule has 21 heavy (non-hydrogen) atoms. The summed E-state index contributed by atoms with van der Waals surface area (Å²) in [4.78, 5) is 0. The van der Waals surface area contributed by atoms with E-state index in [4.69, 9.17) is 20.1 Å². The lowest BCUT2D eigenvalue weighted by Gasteiger charge is -2.18. The van der Waals surface area contributed by atoms with Crippen LogP contribution in [0.3, 0.4) is 0 Å². The molecule has 0 aliphatic rings. The van der Waals surface area contributed by atoms with E-state index < -0.39 is 0 Å². The summed E-state index contributed by atoms with van der Waals surface area (Å²) in [6.07, 6.45) is 0. The van der Waals surface area contributed by atoms with Crippen molar-refractivity contribution in [3.63, 3.8) is 0 Å². The van der Waals surface area contributed by atoms with Gasteiger partial charge in [-0.15, -0.1) is 0 Å². The summed E-state index contributed by atoms with van der Waals surface area (Å²) in [5, 5.41) is 0. The number of rotatable bonds is 7. The average Bonchev–Trinajstić information content (AvgIpc) is 2.56. The summed E-state index contributed by atoms with van der Waals surface area (Å²) in [5.74, 6) is 7.86. The summed E-state index contributed by atoms with van der Waals surface area (Å²) >= 11 is 0. The van der Waals surface area contributed by atoms with Crippen LogP contribution in [-0.2, 0) is 0 Å². The van der Waals surface area contributed by atoms with E-state index in [9.17, 15) is 0 Å². The third-order valence-electron chi connectivity index (χ3n) is 3.14. The number of hydrogen-bond donors (Lipinski definition) is 2. The summed E-state index contributed by atoms with van der Waals surface area (Å²) in [7, 11) is 3.23. The van der Waals surface area contributed by atoms with E-state index in [0.29, 0.717) is 18.1 Å². The number of benzene rings is 2. The molecule has 2 rings (SSSR count). The van der Waals surface area contributed by atoms with Crippen molar-refractivity contribution >= 4 is 0 Å². The fourth-order valence-electron chi connectivity index (χ4n) is 1.97. The average molecular weight is 288 g/mol. The maximum atomic E-state index is 5.74. The molecule has 1 atom stereocenters. The van der Waals surface area contributed by atoms with Crippen molar-refractivity contribution in [1.82, 2.24) is 5.43 Å². The highest BCUT2D eigenvalue weighted by molar-refractivity contribution is 5.40. The maximum absolute atomic E-state index is 5.74. The van der Waals surface area contributed by atoms with E-state index in [2.05, 4.69) is 5.43 Å². The second-order valence-electron chi connectivity index (χ2n) is 4.49. The highest BCUT2D eigenvalue weighted by Crippen LogP contribution is 2.26. The van der Waals surface area contributed by atoms with Gasteiger partial charge in [0.15, 0.2) is 0 Å². The first-order chi connectivity index (χ1) is 10.3. The van der Waals surface area contributed by atoms with Crippen LogP contribution < -0.4 is 25.5 Å². The Bertz CT molecular complexity index is 538. The number of methoxy groups -OCH3 is 2. The van der Waals surface area contributed by atoms with Crippen LogP contribution in [0.2, 0.25) is 0 Å². The third kappa shape index (κ3) is 4.11. The zero-order chi connectivity index (χ0) is 15.1. The first-order valence-corrected chi connectivity index (χ1v) is 6.63. The Labute approximate surface area is 124 Å². The minimum atomic E-state index is -0.172. The molecule has 0 aromatic heterocycles. The van der Waals surface area contributed by atoms with Crippen molar-refractivity contribution in [1.29, 1.82) is 0 Å². The monoisotopic (exact) mass is 288 g/mol. The highest BCUT2D eigenvalue weighted by Gasteiger charge is 2.13. The van der Waals surface area contributed by atoms with Gasteiger partial charge in [0.1, 0.15) is 23.9 Å². The first kappa shape index (κ1) is 15.2.